The second-order valence-corrected chi connectivity index (χ2v) is 13.1. The third-order valence-electron chi connectivity index (χ3n) is 7.73. The van der Waals surface area contributed by atoms with Crippen LogP contribution in [0.15, 0.2) is 72.8 Å². The molecule has 0 spiro atoms. The van der Waals surface area contributed by atoms with E-state index in [1.54, 1.807) is 30.2 Å². The number of anilines is 1. The minimum atomic E-state index is -3.67. The summed E-state index contributed by atoms with van der Waals surface area (Å²) in [6, 6.07) is 21.1. The highest BCUT2D eigenvalue weighted by atomic mass is 32.2. The molecule has 242 valence electrons. The summed E-state index contributed by atoms with van der Waals surface area (Å²) in [5, 5.41) is 3.07. The Balaban J connectivity index is 1.59. The predicted molar refractivity (Wildman–Crippen MR) is 174 cm³/mol. The molecule has 0 bridgehead atoms. The summed E-state index contributed by atoms with van der Waals surface area (Å²) in [7, 11) is -2.09. The van der Waals surface area contributed by atoms with Gasteiger partial charge in [0.25, 0.3) is 0 Å². The summed E-state index contributed by atoms with van der Waals surface area (Å²) in [5.41, 5.74) is 2.16. The number of amides is 2. The Morgan fingerprint density at radius 2 is 1.67 bits per heavy atom. The number of nitrogens with one attached hydrogen (secondary N) is 1. The Morgan fingerprint density at radius 1 is 0.956 bits per heavy atom. The van der Waals surface area contributed by atoms with Crippen LogP contribution in [0.2, 0.25) is 0 Å². The van der Waals surface area contributed by atoms with Gasteiger partial charge in [-0.15, -0.1) is 0 Å². The van der Waals surface area contributed by atoms with Gasteiger partial charge in [-0.25, -0.2) is 8.42 Å². The summed E-state index contributed by atoms with van der Waals surface area (Å²) >= 11 is 0. The first-order valence-corrected chi connectivity index (χ1v) is 17.1. The molecule has 3 aromatic carbocycles. The van der Waals surface area contributed by atoms with E-state index in [9.17, 15) is 18.0 Å². The zero-order chi connectivity index (χ0) is 32.4. The molecule has 45 heavy (non-hydrogen) atoms. The molecule has 4 rings (SSSR count). The van der Waals surface area contributed by atoms with E-state index in [0.29, 0.717) is 42.6 Å². The van der Waals surface area contributed by atoms with Gasteiger partial charge in [-0.3, -0.25) is 13.9 Å². The van der Waals surface area contributed by atoms with Crippen molar-refractivity contribution in [1.82, 2.24) is 10.2 Å². The number of rotatable bonds is 15. The molecule has 0 aliphatic carbocycles. The van der Waals surface area contributed by atoms with Crippen LogP contribution in [0.25, 0.3) is 0 Å². The number of nitrogens with zero attached hydrogens (tertiary/aromatic N) is 2. The van der Waals surface area contributed by atoms with Gasteiger partial charge < -0.3 is 24.4 Å². The average Bonchev–Trinajstić information content (AvgIpc) is 3.04. The highest BCUT2D eigenvalue weighted by molar-refractivity contribution is 7.92. The molecular formula is C34H43N3O7S. The van der Waals surface area contributed by atoms with Crippen molar-refractivity contribution >= 4 is 27.5 Å². The second-order valence-electron chi connectivity index (χ2n) is 11.2. The fourth-order valence-corrected chi connectivity index (χ4v) is 6.11. The van der Waals surface area contributed by atoms with Crippen molar-refractivity contribution in [3.05, 3.63) is 83.9 Å². The standard InChI is InChI=1S/C34H43N3O7S/c1-5-25(2)35-34(39)30(22-26-11-7-6-8-12-26)36(24-27-13-9-14-29(21-27)42-3)33(38)15-10-18-37(45(4,40)41)28-16-17-31-32(23-28)44-20-19-43-31/h6-9,11-14,16-17,21,23,25,30H,5,10,15,18-20,22,24H2,1-4H3,(H,35,39)/t25-,30-/m1/s1. The SMILES string of the molecule is CC[C@@H](C)NC(=O)[C@@H](Cc1ccccc1)N(Cc1cccc(OC)c1)C(=O)CCCN(c1ccc2c(c1)OCCO2)S(C)(=O)=O. The van der Waals surface area contributed by atoms with E-state index in [1.165, 1.54) is 4.31 Å². The van der Waals surface area contributed by atoms with Gasteiger partial charge >= 0.3 is 0 Å². The maximum atomic E-state index is 14.1. The summed E-state index contributed by atoms with van der Waals surface area (Å²) < 4.78 is 43.6. The lowest BCUT2D eigenvalue weighted by atomic mass is 10.0. The van der Waals surface area contributed by atoms with E-state index in [0.717, 1.165) is 23.8 Å². The van der Waals surface area contributed by atoms with E-state index in [1.807, 2.05) is 68.4 Å². The van der Waals surface area contributed by atoms with Gasteiger partial charge in [0.05, 0.1) is 19.1 Å². The zero-order valence-corrected chi connectivity index (χ0v) is 27.2. The lowest BCUT2D eigenvalue weighted by Crippen LogP contribution is -2.52. The third-order valence-corrected chi connectivity index (χ3v) is 8.92. The van der Waals surface area contributed by atoms with Crippen molar-refractivity contribution in [2.45, 2.75) is 58.2 Å². The van der Waals surface area contributed by atoms with E-state index in [-0.39, 0.29) is 43.8 Å². The molecule has 1 aliphatic rings. The molecule has 10 nitrogen and oxygen atoms in total. The van der Waals surface area contributed by atoms with Crippen molar-refractivity contribution < 1.29 is 32.2 Å². The van der Waals surface area contributed by atoms with Crippen molar-refractivity contribution in [2.24, 2.45) is 0 Å². The number of hydrogen-bond acceptors (Lipinski definition) is 7. The van der Waals surface area contributed by atoms with Gasteiger partial charge in [-0.05, 0) is 55.2 Å². The van der Waals surface area contributed by atoms with E-state index >= 15 is 0 Å². The third kappa shape index (κ3) is 9.37. The summed E-state index contributed by atoms with van der Waals surface area (Å²) in [6.07, 6.45) is 2.47. The Hall–Kier alpha value is -4.25. The molecule has 0 unspecified atom stereocenters. The van der Waals surface area contributed by atoms with Gasteiger partial charge in [-0.2, -0.15) is 0 Å². The van der Waals surface area contributed by atoms with Crippen molar-refractivity contribution in [3.63, 3.8) is 0 Å². The molecule has 0 saturated heterocycles. The smallest absolute Gasteiger partial charge is 0.243 e. The highest BCUT2D eigenvalue weighted by Gasteiger charge is 2.31. The van der Waals surface area contributed by atoms with Crippen LogP contribution in [0, 0.1) is 0 Å². The molecule has 11 heteroatoms. The average molecular weight is 638 g/mol. The minimum Gasteiger partial charge on any atom is -0.497 e. The fraction of sp³-hybridized carbons (Fsp3) is 0.412. The highest BCUT2D eigenvalue weighted by Crippen LogP contribution is 2.35. The van der Waals surface area contributed by atoms with Crippen molar-refractivity contribution in [2.75, 3.05) is 37.4 Å². The van der Waals surface area contributed by atoms with Crippen LogP contribution in [0.3, 0.4) is 0 Å². The normalized spacial score (nSPS) is 13.8. The van der Waals surface area contributed by atoms with Gasteiger partial charge in [0.15, 0.2) is 11.5 Å². The molecule has 1 heterocycles. The number of carbonyl (C=O) groups is 2. The minimum absolute atomic E-state index is 0.0302. The molecule has 0 aromatic heterocycles. The quantitative estimate of drug-likeness (QED) is 0.260. The Labute approximate surface area is 266 Å². The topological polar surface area (TPSA) is 114 Å². The van der Waals surface area contributed by atoms with Gasteiger partial charge in [0, 0.05) is 38.0 Å². The molecule has 0 fully saturated rings. The Bertz CT molecular complexity index is 1550. The first-order valence-electron chi connectivity index (χ1n) is 15.2. The fourth-order valence-electron chi connectivity index (χ4n) is 5.15. The number of methoxy groups -OCH3 is 1. The largest absolute Gasteiger partial charge is 0.497 e. The van der Waals surface area contributed by atoms with Crippen LogP contribution in [0.1, 0.15) is 44.2 Å². The van der Waals surface area contributed by atoms with E-state index in [4.69, 9.17) is 14.2 Å². The number of ether oxygens (including phenoxy) is 3. The first kappa shape index (κ1) is 33.6. The number of hydrogen-bond donors (Lipinski definition) is 1. The lowest BCUT2D eigenvalue weighted by molar-refractivity contribution is -0.141. The zero-order valence-electron chi connectivity index (χ0n) is 26.4. The summed E-state index contributed by atoms with van der Waals surface area (Å²) in [4.78, 5) is 29.4. The molecular weight excluding hydrogens is 594 g/mol. The van der Waals surface area contributed by atoms with Gasteiger partial charge in [0.1, 0.15) is 25.0 Å². The van der Waals surface area contributed by atoms with Crippen LogP contribution in [-0.4, -0.2) is 70.3 Å². The van der Waals surface area contributed by atoms with Crippen molar-refractivity contribution in [1.29, 1.82) is 0 Å². The second kappa shape index (κ2) is 15.7. The maximum absolute atomic E-state index is 14.1. The summed E-state index contributed by atoms with van der Waals surface area (Å²) in [5.74, 6) is 1.19. The van der Waals surface area contributed by atoms with Crippen LogP contribution in [-0.2, 0) is 32.6 Å². The molecule has 1 aliphatic heterocycles. The molecule has 0 saturated carbocycles. The van der Waals surface area contributed by atoms with E-state index < -0.39 is 16.1 Å². The van der Waals surface area contributed by atoms with E-state index in [2.05, 4.69) is 5.32 Å². The monoisotopic (exact) mass is 637 g/mol. The van der Waals surface area contributed by atoms with Crippen molar-refractivity contribution in [3.8, 4) is 17.2 Å². The van der Waals surface area contributed by atoms with Gasteiger partial charge in [0.2, 0.25) is 21.8 Å². The van der Waals surface area contributed by atoms with Crippen LogP contribution in [0.5, 0.6) is 17.2 Å². The Morgan fingerprint density at radius 3 is 2.36 bits per heavy atom. The molecule has 2 atom stereocenters. The lowest BCUT2D eigenvalue weighted by Gasteiger charge is -2.33. The van der Waals surface area contributed by atoms with Crippen LogP contribution < -0.4 is 23.8 Å². The van der Waals surface area contributed by atoms with Crippen LogP contribution in [0.4, 0.5) is 5.69 Å². The first-order chi connectivity index (χ1) is 21.6. The number of sulfonamides is 1. The molecule has 2 amide bonds. The van der Waals surface area contributed by atoms with Gasteiger partial charge in [-0.1, -0.05) is 49.4 Å². The number of benzene rings is 3. The molecule has 3 aromatic rings. The Kier molecular flexibility index (Phi) is 11.7. The molecule has 0 radical (unpaired) electrons. The summed E-state index contributed by atoms with van der Waals surface area (Å²) in [6.45, 7) is 4.98. The molecule has 1 N–H and O–H groups in total. The number of fused-ring (bicyclic) bond motifs is 1. The number of carbonyl (C=O) groups excluding carboxylic acids is 2. The predicted octanol–water partition coefficient (Wildman–Crippen LogP) is 4.57. The van der Waals surface area contributed by atoms with Crippen LogP contribution >= 0.6 is 0 Å². The maximum Gasteiger partial charge on any atom is 0.243 e.